The number of hydrogen-bond donors (Lipinski definition) is 1. The van der Waals surface area contributed by atoms with E-state index in [1.165, 1.54) is 4.68 Å². The molecule has 0 spiro atoms. The number of fused-ring (bicyclic) bond motifs is 3. The summed E-state index contributed by atoms with van der Waals surface area (Å²) in [6.45, 7) is 0. The summed E-state index contributed by atoms with van der Waals surface area (Å²) in [6, 6.07) is 14.4. The van der Waals surface area contributed by atoms with Gasteiger partial charge >= 0.3 is 0 Å². The number of methoxy groups -OCH3 is 1. The molecule has 0 aliphatic carbocycles. The van der Waals surface area contributed by atoms with E-state index in [0.717, 1.165) is 10.9 Å². The molecular formula is C18H12N4O2. The summed E-state index contributed by atoms with van der Waals surface area (Å²) < 4.78 is 6.71. The van der Waals surface area contributed by atoms with Gasteiger partial charge in [0.1, 0.15) is 5.75 Å². The van der Waals surface area contributed by atoms with E-state index in [1.807, 2.05) is 18.2 Å². The molecule has 0 aliphatic rings. The molecule has 0 aliphatic heterocycles. The average molecular weight is 316 g/mol. The van der Waals surface area contributed by atoms with E-state index >= 15 is 0 Å². The molecule has 0 atom stereocenters. The third-order valence-corrected chi connectivity index (χ3v) is 3.99. The maximum Gasteiger partial charge on any atom is 0.280 e. The summed E-state index contributed by atoms with van der Waals surface area (Å²) >= 11 is 0. The van der Waals surface area contributed by atoms with Crippen molar-refractivity contribution in [3.05, 3.63) is 64.6 Å². The summed E-state index contributed by atoms with van der Waals surface area (Å²) in [4.78, 5) is 17.0. The quantitative estimate of drug-likeness (QED) is 0.616. The van der Waals surface area contributed by atoms with Crippen LogP contribution in [0.2, 0.25) is 0 Å². The van der Waals surface area contributed by atoms with Gasteiger partial charge in [-0.1, -0.05) is 0 Å². The first-order valence-electron chi connectivity index (χ1n) is 7.29. The second-order valence-corrected chi connectivity index (χ2v) is 5.34. The molecule has 0 bridgehead atoms. The number of ether oxygens (including phenoxy) is 1. The highest BCUT2D eigenvalue weighted by atomic mass is 16.5. The van der Waals surface area contributed by atoms with E-state index < -0.39 is 0 Å². The SMILES string of the molecule is COc1ccc2ncc3c(=O)n(-c4ccc(C#N)cc4)[nH]c3c2c1. The number of aromatic amines is 1. The number of nitriles is 1. The van der Waals surface area contributed by atoms with Gasteiger partial charge in [-0.3, -0.25) is 14.9 Å². The number of nitrogens with zero attached hydrogens (tertiary/aromatic N) is 3. The molecule has 0 amide bonds. The Morgan fingerprint density at radius 2 is 1.96 bits per heavy atom. The van der Waals surface area contributed by atoms with E-state index in [-0.39, 0.29) is 5.56 Å². The molecule has 0 radical (unpaired) electrons. The van der Waals surface area contributed by atoms with Gasteiger partial charge in [0.2, 0.25) is 0 Å². The smallest absolute Gasteiger partial charge is 0.280 e. The molecule has 6 heteroatoms. The van der Waals surface area contributed by atoms with Crippen LogP contribution in [0.5, 0.6) is 5.75 Å². The second-order valence-electron chi connectivity index (χ2n) is 5.34. The number of nitrogens with one attached hydrogen (secondary N) is 1. The minimum Gasteiger partial charge on any atom is -0.497 e. The Balaban J connectivity index is 2.01. The van der Waals surface area contributed by atoms with Crippen molar-refractivity contribution in [2.75, 3.05) is 7.11 Å². The predicted octanol–water partition coefficient (Wildman–Crippen LogP) is 2.75. The fraction of sp³-hybridized carbons (Fsp3) is 0.0556. The highest BCUT2D eigenvalue weighted by Gasteiger charge is 2.12. The lowest BCUT2D eigenvalue weighted by Gasteiger charge is -2.03. The largest absolute Gasteiger partial charge is 0.497 e. The third-order valence-electron chi connectivity index (χ3n) is 3.99. The van der Waals surface area contributed by atoms with Crippen LogP contribution in [0.25, 0.3) is 27.5 Å². The minimum atomic E-state index is -0.188. The van der Waals surface area contributed by atoms with Crippen molar-refractivity contribution in [3.63, 3.8) is 0 Å². The summed E-state index contributed by atoms with van der Waals surface area (Å²) in [5.74, 6) is 0.698. The van der Waals surface area contributed by atoms with Gasteiger partial charge in [0.15, 0.2) is 0 Å². The monoisotopic (exact) mass is 316 g/mol. The number of hydrogen-bond acceptors (Lipinski definition) is 4. The van der Waals surface area contributed by atoms with Crippen LogP contribution < -0.4 is 10.3 Å². The fourth-order valence-corrected chi connectivity index (χ4v) is 2.73. The highest BCUT2D eigenvalue weighted by molar-refractivity contribution is 6.03. The predicted molar refractivity (Wildman–Crippen MR) is 90.5 cm³/mol. The Labute approximate surface area is 136 Å². The second kappa shape index (κ2) is 5.25. The van der Waals surface area contributed by atoms with Gasteiger partial charge in [0.05, 0.1) is 40.8 Å². The van der Waals surface area contributed by atoms with Gasteiger partial charge in [-0.25, -0.2) is 4.68 Å². The molecule has 0 fully saturated rings. The lowest BCUT2D eigenvalue weighted by Crippen LogP contribution is -2.14. The first-order valence-corrected chi connectivity index (χ1v) is 7.29. The van der Waals surface area contributed by atoms with E-state index in [1.54, 1.807) is 37.6 Å². The maximum absolute atomic E-state index is 12.7. The van der Waals surface area contributed by atoms with E-state index in [0.29, 0.717) is 27.9 Å². The van der Waals surface area contributed by atoms with Crippen molar-refractivity contribution in [2.45, 2.75) is 0 Å². The molecule has 0 saturated carbocycles. The molecule has 2 aromatic heterocycles. The van der Waals surface area contributed by atoms with E-state index in [2.05, 4.69) is 16.2 Å². The van der Waals surface area contributed by atoms with Gasteiger partial charge in [-0.2, -0.15) is 5.26 Å². The molecule has 0 saturated heterocycles. The molecule has 24 heavy (non-hydrogen) atoms. The first-order chi connectivity index (χ1) is 11.7. The van der Waals surface area contributed by atoms with E-state index in [9.17, 15) is 4.79 Å². The fourth-order valence-electron chi connectivity index (χ4n) is 2.73. The molecule has 2 heterocycles. The first kappa shape index (κ1) is 14.0. The zero-order chi connectivity index (χ0) is 16.7. The Hall–Kier alpha value is -3.59. The van der Waals surface area contributed by atoms with Crippen LogP contribution in [0.15, 0.2) is 53.5 Å². The summed E-state index contributed by atoms with van der Waals surface area (Å²) in [5.41, 5.74) is 2.49. The number of rotatable bonds is 2. The van der Waals surface area contributed by atoms with Crippen LogP contribution in [-0.2, 0) is 0 Å². The summed E-state index contributed by atoms with van der Waals surface area (Å²) in [6.07, 6.45) is 1.57. The molecule has 6 nitrogen and oxygen atoms in total. The molecule has 0 unspecified atom stereocenters. The normalized spacial score (nSPS) is 10.8. The molecule has 1 N–H and O–H groups in total. The van der Waals surface area contributed by atoms with Crippen molar-refractivity contribution in [1.29, 1.82) is 5.26 Å². The van der Waals surface area contributed by atoms with Crippen LogP contribution >= 0.6 is 0 Å². The Morgan fingerprint density at radius 1 is 1.17 bits per heavy atom. The number of aromatic nitrogens is 3. The third kappa shape index (κ3) is 2.03. The van der Waals surface area contributed by atoms with Gasteiger partial charge in [-0.15, -0.1) is 0 Å². The van der Waals surface area contributed by atoms with Gasteiger partial charge in [0.25, 0.3) is 5.56 Å². The Morgan fingerprint density at radius 3 is 2.67 bits per heavy atom. The number of pyridine rings is 1. The van der Waals surface area contributed by atoms with Crippen molar-refractivity contribution in [1.82, 2.24) is 14.8 Å². The number of benzene rings is 2. The van der Waals surface area contributed by atoms with Gasteiger partial charge < -0.3 is 4.74 Å². The van der Waals surface area contributed by atoms with Crippen LogP contribution in [0.1, 0.15) is 5.56 Å². The minimum absolute atomic E-state index is 0.188. The zero-order valence-electron chi connectivity index (χ0n) is 12.8. The average Bonchev–Trinajstić information content (AvgIpc) is 2.98. The summed E-state index contributed by atoms with van der Waals surface area (Å²) in [7, 11) is 1.60. The van der Waals surface area contributed by atoms with Crippen molar-refractivity contribution in [2.24, 2.45) is 0 Å². The molecular weight excluding hydrogens is 304 g/mol. The molecule has 2 aromatic carbocycles. The van der Waals surface area contributed by atoms with Gasteiger partial charge in [0, 0.05) is 11.6 Å². The number of H-pyrrole nitrogens is 1. The van der Waals surface area contributed by atoms with Crippen molar-refractivity contribution < 1.29 is 4.74 Å². The van der Waals surface area contributed by atoms with Crippen LogP contribution in [0.4, 0.5) is 0 Å². The van der Waals surface area contributed by atoms with Crippen LogP contribution in [0.3, 0.4) is 0 Å². The Bertz CT molecular complexity index is 1160. The lowest BCUT2D eigenvalue weighted by atomic mass is 10.1. The Kier molecular flexibility index (Phi) is 3.07. The van der Waals surface area contributed by atoms with E-state index in [4.69, 9.17) is 10.00 Å². The highest BCUT2D eigenvalue weighted by Crippen LogP contribution is 2.25. The molecule has 116 valence electrons. The molecule has 4 rings (SSSR count). The van der Waals surface area contributed by atoms with Gasteiger partial charge in [-0.05, 0) is 42.5 Å². The maximum atomic E-state index is 12.7. The van der Waals surface area contributed by atoms with Crippen molar-refractivity contribution >= 4 is 21.8 Å². The van der Waals surface area contributed by atoms with Crippen LogP contribution in [-0.4, -0.2) is 21.9 Å². The standard InChI is InChI=1S/C18H12N4O2/c1-24-13-6-7-16-14(8-13)17-15(10-20-16)18(23)22(21-17)12-4-2-11(9-19)3-5-12/h2-8,10,21H,1H3. The molecule has 4 aromatic rings. The zero-order valence-corrected chi connectivity index (χ0v) is 12.8. The van der Waals surface area contributed by atoms with Crippen LogP contribution in [0, 0.1) is 11.3 Å². The summed E-state index contributed by atoms with van der Waals surface area (Å²) in [5, 5.41) is 13.3. The van der Waals surface area contributed by atoms with Crippen molar-refractivity contribution in [3.8, 4) is 17.5 Å². The lowest BCUT2D eigenvalue weighted by molar-refractivity contribution is 0.415. The topological polar surface area (TPSA) is 83.7 Å².